The summed E-state index contributed by atoms with van der Waals surface area (Å²) in [6.45, 7) is 6.32. The van der Waals surface area contributed by atoms with Gasteiger partial charge in [0, 0.05) is 18.9 Å². The van der Waals surface area contributed by atoms with Crippen molar-refractivity contribution in [1.82, 2.24) is 9.29 Å². The molecule has 1 saturated heterocycles. The highest BCUT2D eigenvalue weighted by molar-refractivity contribution is 7.82. The first-order chi connectivity index (χ1) is 11.5. The number of primary amides is 1. The second-order valence-corrected chi connectivity index (χ2v) is 7.34. The number of carbonyl (C=O) groups is 1. The first kappa shape index (κ1) is 16.5. The number of nitrogens with zero attached hydrogens (tertiary/aromatic N) is 2. The summed E-state index contributed by atoms with van der Waals surface area (Å²) in [7, 11) is -1.41. The van der Waals surface area contributed by atoms with Gasteiger partial charge in [0.25, 0.3) is 0 Å². The van der Waals surface area contributed by atoms with E-state index in [2.05, 4.69) is 11.6 Å². The van der Waals surface area contributed by atoms with Gasteiger partial charge in [-0.15, -0.1) is 0 Å². The highest BCUT2D eigenvalue weighted by atomic mass is 32.2. The Hall–Kier alpha value is -2.31. The summed E-state index contributed by atoms with van der Waals surface area (Å²) < 4.78 is 14.9. The van der Waals surface area contributed by atoms with Crippen LogP contribution in [0.1, 0.15) is 17.2 Å². The van der Waals surface area contributed by atoms with E-state index >= 15 is 0 Å². The molecule has 3 rings (SSSR count). The number of rotatable bonds is 4. The molecule has 1 fully saturated rings. The van der Waals surface area contributed by atoms with Crippen LogP contribution >= 0.6 is 0 Å². The number of benzene rings is 1. The second kappa shape index (κ2) is 6.67. The molecule has 0 saturated carbocycles. The van der Waals surface area contributed by atoms with Gasteiger partial charge in [-0.05, 0) is 42.3 Å². The van der Waals surface area contributed by atoms with Gasteiger partial charge in [-0.25, -0.2) is 8.51 Å². The van der Waals surface area contributed by atoms with Crippen LogP contribution in [0.15, 0.2) is 65.8 Å². The van der Waals surface area contributed by atoms with Gasteiger partial charge >= 0.3 is 0 Å². The normalized spacial score (nSPS) is 22.5. The number of hydrogen-bond donors (Lipinski definition) is 1. The van der Waals surface area contributed by atoms with Crippen LogP contribution in [0.3, 0.4) is 0 Å². The average Bonchev–Trinajstić information content (AvgIpc) is 2.93. The molecular formula is C18H19N3O2S. The van der Waals surface area contributed by atoms with Crippen LogP contribution in [-0.2, 0) is 15.8 Å². The predicted molar refractivity (Wildman–Crippen MR) is 93.1 cm³/mol. The Morgan fingerprint density at radius 1 is 1.25 bits per heavy atom. The fourth-order valence-corrected chi connectivity index (χ4v) is 4.39. The standard InChI is InChI=1S/C18H19N3O2S/c1-12-3-5-15(6-4-12)24(23)21-11-13(2)16(18(19)22)17(21)14-7-9-20-10-8-14/h3-10,16-17H,2,11H2,1H3,(H2,19,22)/t16-,17+,24?/m1/s1. The minimum atomic E-state index is -1.41. The number of nitrogens with two attached hydrogens (primary N) is 1. The van der Waals surface area contributed by atoms with Gasteiger partial charge in [0.2, 0.25) is 5.91 Å². The molecule has 1 aliphatic rings. The van der Waals surface area contributed by atoms with Crippen LogP contribution < -0.4 is 5.73 Å². The van der Waals surface area contributed by atoms with Crippen molar-refractivity contribution in [3.05, 3.63) is 72.1 Å². The quantitative estimate of drug-likeness (QED) is 0.866. The first-order valence-electron chi connectivity index (χ1n) is 7.61. The predicted octanol–water partition coefficient (Wildman–Crippen LogP) is 2.13. The van der Waals surface area contributed by atoms with Crippen molar-refractivity contribution in [3.63, 3.8) is 0 Å². The van der Waals surface area contributed by atoms with Gasteiger partial charge in [0.15, 0.2) is 0 Å². The molecule has 0 spiro atoms. The minimum absolute atomic E-state index is 0.362. The van der Waals surface area contributed by atoms with E-state index in [-0.39, 0.29) is 0 Å². The fourth-order valence-electron chi connectivity index (χ4n) is 3.01. The Labute approximate surface area is 143 Å². The number of pyridine rings is 1. The van der Waals surface area contributed by atoms with E-state index in [4.69, 9.17) is 5.73 Å². The molecule has 0 aliphatic carbocycles. The highest BCUT2D eigenvalue weighted by Crippen LogP contribution is 2.41. The lowest BCUT2D eigenvalue weighted by atomic mass is 9.92. The maximum atomic E-state index is 13.1. The molecule has 0 radical (unpaired) electrons. The Bertz CT molecular complexity index is 790. The monoisotopic (exact) mass is 341 g/mol. The third-order valence-electron chi connectivity index (χ3n) is 4.21. The first-order valence-corrected chi connectivity index (χ1v) is 8.72. The molecule has 1 aromatic carbocycles. The van der Waals surface area contributed by atoms with E-state index in [1.165, 1.54) is 0 Å². The zero-order valence-corrected chi connectivity index (χ0v) is 14.2. The zero-order chi connectivity index (χ0) is 17.3. The number of hydrogen-bond acceptors (Lipinski definition) is 3. The summed E-state index contributed by atoms with van der Waals surface area (Å²) in [6, 6.07) is 10.8. The molecule has 0 bridgehead atoms. The van der Waals surface area contributed by atoms with E-state index in [1.807, 2.05) is 43.3 Å². The van der Waals surface area contributed by atoms with Crippen molar-refractivity contribution >= 4 is 16.9 Å². The summed E-state index contributed by atoms with van der Waals surface area (Å²) in [5.41, 5.74) is 8.23. The van der Waals surface area contributed by atoms with Crippen molar-refractivity contribution in [2.75, 3.05) is 6.54 Å². The smallest absolute Gasteiger partial charge is 0.226 e. The Kier molecular flexibility index (Phi) is 4.59. The van der Waals surface area contributed by atoms with Crippen LogP contribution in [0.25, 0.3) is 0 Å². The van der Waals surface area contributed by atoms with E-state index in [0.717, 1.165) is 11.1 Å². The SMILES string of the molecule is C=C1CN(S(=O)c2ccc(C)cc2)[C@@H](c2ccncc2)[C@@H]1C(N)=O. The molecule has 1 aliphatic heterocycles. The van der Waals surface area contributed by atoms with Crippen LogP contribution in [0.4, 0.5) is 0 Å². The third kappa shape index (κ3) is 3.02. The maximum absolute atomic E-state index is 13.1. The molecule has 2 heterocycles. The molecule has 24 heavy (non-hydrogen) atoms. The molecule has 3 atom stereocenters. The average molecular weight is 341 g/mol. The van der Waals surface area contributed by atoms with Crippen LogP contribution in [0.5, 0.6) is 0 Å². The third-order valence-corrected chi connectivity index (χ3v) is 5.67. The van der Waals surface area contributed by atoms with Gasteiger partial charge in [-0.2, -0.15) is 0 Å². The summed E-state index contributed by atoms with van der Waals surface area (Å²) in [5, 5.41) is 0. The molecule has 5 nitrogen and oxygen atoms in total. The van der Waals surface area contributed by atoms with E-state index in [1.54, 1.807) is 16.7 Å². The van der Waals surface area contributed by atoms with E-state index in [9.17, 15) is 9.00 Å². The maximum Gasteiger partial charge on any atom is 0.226 e. The second-order valence-electron chi connectivity index (χ2n) is 5.90. The van der Waals surface area contributed by atoms with Gasteiger partial charge in [0.1, 0.15) is 11.0 Å². The molecule has 2 N–H and O–H groups in total. The summed E-state index contributed by atoms with van der Waals surface area (Å²) >= 11 is 0. The summed E-state index contributed by atoms with van der Waals surface area (Å²) in [4.78, 5) is 16.7. The van der Waals surface area contributed by atoms with Crippen molar-refractivity contribution in [2.24, 2.45) is 11.7 Å². The van der Waals surface area contributed by atoms with E-state index < -0.39 is 28.9 Å². The van der Waals surface area contributed by atoms with Crippen LogP contribution in [0.2, 0.25) is 0 Å². The fraction of sp³-hybridized carbons (Fsp3) is 0.222. The van der Waals surface area contributed by atoms with Gasteiger partial charge < -0.3 is 5.73 Å². The number of amides is 1. The minimum Gasteiger partial charge on any atom is -0.369 e. The lowest BCUT2D eigenvalue weighted by molar-refractivity contribution is -0.121. The van der Waals surface area contributed by atoms with Crippen LogP contribution in [-0.4, -0.2) is 26.0 Å². The zero-order valence-electron chi connectivity index (χ0n) is 13.4. The molecule has 1 aromatic heterocycles. The van der Waals surface area contributed by atoms with Crippen molar-refractivity contribution in [2.45, 2.75) is 17.9 Å². The van der Waals surface area contributed by atoms with Gasteiger partial charge in [-0.3, -0.25) is 9.78 Å². The molecule has 1 amide bonds. The molecule has 6 heteroatoms. The van der Waals surface area contributed by atoms with Crippen molar-refractivity contribution in [1.29, 1.82) is 0 Å². The Balaban J connectivity index is 2.01. The van der Waals surface area contributed by atoms with Crippen LogP contribution in [0, 0.1) is 12.8 Å². The highest BCUT2D eigenvalue weighted by Gasteiger charge is 2.44. The van der Waals surface area contributed by atoms with Crippen molar-refractivity contribution in [3.8, 4) is 0 Å². The molecule has 2 aromatic rings. The lowest BCUT2D eigenvalue weighted by Gasteiger charge is -2.26. The topological polar surface area (TPSA) is 76.3 Å². The summed E-state index contributed by atoms with van der Waals surface area (Å²) in [6.07, 6.45) is 3.31. The lowest BCUT2D eigenvalue weighted by Crippen LogP contribution is -2.32. The number of aryl methyl sites for hydroxylation is 1. The Morgan fingerprint density at radius 3 is 2.46 bits per heavy atom. The number of aromatic nitrogens is 1. The van der Waals surface area contributed by atoms with Gasteiger partial charge in [0.05, 0.1) is 16.9 Å². The molecular weight excluding hydrogens is 322 g/mol. The Morgan fingerprint density at radius 2 is 1.88 bits per heavy atom. The largest absolute Gasteiger partial charge is 0.369 e. The number of carbonyl (C=O) groups excluding carboxylic acids is 1. The molecule has 124 valence electrons. The van der Waals surface area contributed by atoms with E-state index in [0.29, 0.717) is 17.0 Å². The molecule has 1 unspecified atom stereocenters. The van der Waals surface area contributed by atoms with Gasteiger partial charge in [-0.1, -0.05) is 24.3 Å². The summed E-state index contributed by atoms with van der Waals surface area (Å²) in [5.74, 6) is -1.02. The van der Waals surface area contributed by atoms with Crippen molar-refractivity contribution < 1.29 is 9.00 Å².